The molecule has 8 rings (SSSR count). The number of hydrogen-bond acceptors (Lipinski definition) is 6. The van der Waals surface area contributed by atoms with Gasteiger partial charge in [0.15, 0.2) is 0 Å². The van der Waals surface area contributed by atoms with Crippen LogP contribution >= 0.6 is 22.7 Å². The molecule has 4 aromatic rings. The van der Waals surface area contributed by atoms with Crippen LogP contribution in [0.4, 0.5) is 0 Å². The number of benzene rings is 2. The van der Waals surface area contributed by atoms with Crippen molar-refractivity contribution in [1.82, 2.24) is 20.4 Å². The molecule has 4 unspecified atom stereocenters. The smallest absolute Gasteiger partial charge is 0.225 e. The zero-order chi connectivity index (χ0) is 35.6. The molecule has 2 aromatic heterocycles. The van der Waals surface area contributed by atoms with Crippen LogP contribution in [0, 0.1) is 11.8 Å². The highest BCUT2D eigenvalue weighted by Crippen LogP contribution is 2.48. The largest absolute Gasteiger partial charge is 0.356 e. The third-order valence-corrected chi connectivity index (χ3v) is 14.6. The number of fused-ring (bicyclic) bond motifs is 4. The molecule has 274 valence electrons. The van der Waals surface area contributed by atoms with Gasteiger partial charge in [0.25, 0.3) is 0 Å². The fourth-order valence-electron chi connectivity index (χ4n) is 10.3. The third-order valence-electron chi connectivity index (χ3n) is 13.2. The Morgan fingerprint density at radius 1 is 0.577 bits per heavy atom. The molecule has 4 aliphatic rings. The Hall–Kier alpha value is -3.30. The lowest BCUT2D eigenvalue weighted by Gasteiger charge is -2.42. The normalized spacial score (nSPS) is 28.6. The first-order chi connectivity index (χ1) is 25.5. The first kappa shape index (κ1) is 35.7. The number of carbonyl (C=O) groups is 2. The van der Waals surface area contributed by atoms with E-state index in [0.717, 1.165) is 64.5 Å². The van der Waals surface area contributed by atoms with E-state index in [1.165, 1.54) is 46.2 Å². The molecule has 6 heterocycles. The molecule has 4 saturated heterocycles. The molecule has 0 saturated carbocycles. The van der Waals surface area contributed by atoms with Crippen molar-refractivity contribution in [2.45, 2.75) is 100 Å². The van der Waals surface area contributed by atoms with Crippen LogP contribution in [0.15, 0.2) is 82.2 Å². The molecule has 2 N–H and O–H groups in total. The summed E-state index contributed by atoms with van der Waals surface area (Å²) in [6.45, 7) is 1.44. The van der Waals surface area contributed by atoms with Gasteiger partial charge in [0, 0.05) is 37.3 Å². The van der Waals surface area contributed by atoms with Gasteiger partial charge in [-0.1, -0.05) is 61.4 Å². The van der Waals surface area contributed by atoms with Crippen molar-refractivity contribution in [3.05, 3.63) is 93.3 Å². The van der Waals surface area contributed by atoms with Crippen LogP contribution in [0.3, 0.4) is 0 Å². The molecule has 8 atom stereocenters. The van der Waals surface area contributed by atoms with E-state index in [-0.39, 0.29) is 35.5 Å². The highest BCUT2D eigenvalue weighted by Gasteiger charge is 2.50. The van der Waals surface area contributed by atoms with Gasteiger partial charge in [0.05, 0.1) is 11.8 Å². The molecule has 52 heavy (non-hydrogen) atoms. The Labute approximate surface area is 318 Å². The van der Waals surface area contributed by atoms with Gasteiger partial charge in [-0.2, -0.15) is 22.7 Å². The molecule has 6 nitrogen and oxygen atoms in total. The van der Waals surface area contributed by atoms with Crippen LogP contribution in [0.25, 0.3) is 22.3 Å². The van der Waals surface area contributed by atoms with Crippen LogP contribution < -0.4 is 10.6 Å². The van der Waals surface area contributed by atoms with Crippen molar-refractivity contribution >= 4 is 34.5 Å². The maximum Gasteiger partial charge on any atom is 0.225 e. The van der Waals surface area contributed by atoms with Gasteiger partial charge in [-0.15, -0.1) is 0 Å². The number of nitrogens with one attached hydrogen (secondary N) is 2. The van der Waals surface area contributed by atoms with E-state index in [0.29, 0.717) is 24.2 Å². The molecule has 0 spiro atoms. The molecule has 4 aliphatic heterocycles. The van der Waals surface area contributed by atoms with Gasteiger partial charge in [-0.25, -0.2) is 0 Å². The molecule has 4 bridgehead atoms. The SMILES string of the molecule is CN1C2CCC1[C@@H](C(=O)NCCCCCCNC(=O)[C@H]1C3CCC(C[C@@H]1c1ccc(-c4ccsc4)cc1)N3C)[C@@H](c1ccc(-c3ccsc3)cc1)C2. The van der Waals surface area contributed by atoms with Crippen LogP contribution in [0.2, 0.25) is 0 Å². The van der Waals surface area contributed by atoms with E-state index < -0.39 is 0 Å². The van der Waals surface area contributed by atoms with E-state index >= 15 is 0 Å². The molecule has 2 aromatic carbocycles. The highest BCUT2D eigenvalue weighted by atomic mass is 32.1. The second kappa shape index (κ2) is 16.0. The topological polar surface area (TPSA) is 64.7 Å². The minimum atomic E-state index is -0.0114. The number of thiophene rings is 2. The zero-order valence-electron chi connectivity index (χ0n) is 30.7. The van der Waals surface area contributed by atoms with Gasteiger partial charge in [-0.3, -0.25) is 19.4 Å². The molecule has 8 heteroatoms. The summed E-state index contributed by atoms with van der Waals surface area (Å²) in [5.74, 6) is 0.943. The molecule has 0 radical (unpaired) electrons. The summed E-state index contributed by atoms with van der Waals surface area (Å²) in [6, 6.07) is 24.1. The van der Waals surface area contributed by atoms with Crippen molar-refractivity contribution in [3.8, 4) is 22.3 Å². The average molecular weight is 735 g/mol. The van der Waals surface area contributed by atoms with E-state index in [9.17, 15) is 9.59 Å². The van der Waals surface area contributed by atoms with Crippen molar-refractivity contribution < 1.29 is 9.59 Å². The van der Waals surface area contributed by atoms with E-state index in [1.54, 1.807) is 22.7 Å². The fraction of sp³-hybridized carbons (Fsp3) is 0.500. The molecule has 0 aliphatic carbocycles. The molecular weight excluding hydrogens is 681 g/mol. The van der Waals surface area contributed by atoms with Gasteiger partial charge in [0.1, 0.15) is 0 Å². The average Bonchev–Trinajstić information content (AvgIpc) is 3.98. The van der Waals surface area contributed by atoms with E-state index in [1.807, 2.05) is 0 Å². The summed E-state index contributed by atoms with van der Waals surface area (Å²) in [5.41, 5.74) is 7.63. The lowest BCUT2D eigenvalue weighted by atomic mass is 9.75. The van der Waals surface area contributed by atoms with E-state index in [4.69, 9.17) is 0 Å². The Morgan fingerprint density at radius 3 is 1.38 bits per heavy atom. The Bertz CT molecular complexity index is 1640. The monoisotopic (exact) mass is 734 g/mol. The fourth-order valence-corrected chi connectivity index (χ4v) is 11.6. The second-order valence-electron chi connectivity index (χ2n) is 15.9. The van der Waals surface area contributed by atoms with Crippen molar-refractivity contribution in [3.63, 3.8) is 0 Å². The third kappa shape index (κ3) is 7.29. The van der Waals surface area contributed by atoms with E-state index in [2.05, 4.69) is 117 Å². The lowest BCUT2D eigenvalue weighted by Crippen LogP contribution is -2.51. The summed E-state index contributed by atoms with van der Waals surface area (Å²) in [4.78, 5) is 32.6. The second-order valence-corrected chi connectivity index (χ2v) is 17.5. The number of unbranched alkanes of at least 4 members (excludes halogenated alkanes) is 3. The maximum absolute atomic E-state index is 13.8. The van der Waals surface area contributed by atoms with Crippen molar-refractivity contribution in [2.24, 2.45) is 11.8 Å². The Kier molecular flexibility index (Phi) is 11.0. The molecule has 2 amide bonds. The van der Waals surface area contributed by atoms with Crippen LogP contribution in [-0.4, -0.2) is 73.0 Å². The summed E-state index contributed by atoms with van der Waals surface area (Å²) >= 11 is 3.45. The van der Waals surface area contributed by atoms with Gasteiger partial charge < -0.3 is 10.6 Å². The minimum absolute atomic E-state index is 0.0114. The maximum atomic E-state index is 13.8. The summed E-state index contributed by atoms with van der Waals surface area (Å²) in [5, 5.41) is 15.3. The van der Waals surface area contributed by atoms with Crippen LogP contribution in [-0.2, 0) is 9.59 Å². The minimum Gasteiger partial charge on any atom is -0.356 e. The predicted molar refractivity (Wildman–Crippen MR) is 215 cm³/mol. The highest BCUT2D eigenvalue weighted by molar-refractivity contribution is 7.08. The first-order valence-corrected chi connectivity index (χ1v) is 21.6. The Morgan fingerprint density at radius 2 is 1.00 bits per heavy atom. The standard InChI is InChI=1S/C44H54N4O2S2/c1-47-35-15-17-39(47)41(37(25-35)31-11-7-29(8-12-31)33-19-23-51-27-33)43(49)45-21-5-3-4-6-22-46-44(50)42-38(26-36-16-18-40(42)48(36)2)32-13-9-30(10-14-32)34-20-24-52-28-34/h7-14,19-20,23-24,27-28,35-42H,3-6,15-18,21-22,25-26H2,1-2H3,(H,45,49)(H,46,50)/t35?,36?,37-,38-,39?,40?,41-,42+/m1/s1. The first-order valence-electron chi connectivity index (χ1n) is 19.7. The number of amides is 2. The van der Waals surface area contributed by atoms with Gasteiger partial charge >= 0.3 is 0 Å². The van der Waals surface area contributed by atoms with Gasteiger partial charge in [0.2, 0.25) is 11.8 Å². The van der Waals surface area contributed by atoms with Crippen molar-refractivity contribution in [1.29, 1.82) is 0 Å². The number of nitrogens with zero attached hydrogens (tertiary/aromatic N) is 2. The number of piperidine rings is 2. The Balaban J connectivity index is 0.802. The van der Waals surface area contributed by atoms with Gasteiger partial charge in [-0.05, 0) is 144 Å². The number of carbonyl (C=O) groups excluding carboxylic acids is 2. The number of hydrogen-bond donors (Lipinski definition) is 2. The van der Waals surface area contributed by atoms with Crippen LogP contribution in [0.5, 0.6) is 0 Å². The summed E-state index contributed by atoms with van der Waals surface area (Å²) in [6.07, 6.45) is 10.7. The summed E-state index contributed by atoms with van der Waals surface area (Å²) in [7, 11) is 4.44. The quantitative estimate of drug-likeness (QED) is 0.135. The summed E-state index contributed by atoms with van der Waals surface area (Å²) < 4.78 is 0. The molecule has 4 fully saturated rings. The predicted octanol–water partition coefficient (Wildman–Crippen LogP) is 8.77. The lowest BCUT2D eigenvalue weighted by molar-refractivity contribution is -0.130. The molecular formula is C44H54N4O2S2. The van der Waals surface area contributed by atoms with Crippen molar-refractivity contribution in [2.75, 3.05) is 27.2 Å². The van der Waals surface area contributed by atoms with Crippen LogP contribution in [0.1, 0.15) is 87.2 Å². The zero-order valence-corrected chi connectivity index (χ0v) is 32.3. The number of rotatable bonds is 13.